The number of nitriles is 1. The standard InChI is InChI=1S/C19H25N3OS/c20-10-12-24-18-8-4-3-7-17(18)21-19(23)14-22-11-9-15-5-1-2-6-16(15)13-22/h3-4,7-8,15-16H,1-2,5-6,9,11-14H2,(H,21,23)/t15-,16-/m1/s1. The lowest BCUT2D eigenvalue weighted by Crippen LogP contribution is -2.44. The molecular weight excluding hydrogens is 318 g/mol. The molecule has 1 N–H and O–H groups in total. The van der Waals surface area contributed by atoms with Crippen LogP contribution in [0.4, 0.5) is 5.69 Å². The Hall–Kier alpha value is -1.51. The molecule has 4 nitrogen and oxygen atoms in total. The third-order valence-electron chi connectivity index (χ3n) is 5.20. The van der Waals surface area contributed by atoms with Crippen molar-refractivity contribution in [3.63, 3.8) is 0 Å². The monoisotopic (exact) mass is 343 g/mol. The fourth-order valence-corrected chi connectivity index (χ4v) is 4.69. The quantitative estimate of drug-likeness (QED) is 0.827. The van der Waals surface area contributed by atoms with Gasteiger partial charge in [0.1, 0.15) is 0 Å². The van der Waals surface area contributed by atoms with Crippen LogP contribution in [-0.2, 0) is 4.79 Å². The van der Waals surface area contributed by atoms with E-state index < -0.39 is 0 Å². The van der Waals surface area contributed by atoms with E-state index >= 15 is 0 Å². The smallest absolute Gasteiger partial charge is 0.238 e. The maximum atomic E-state index is 12.4. The number of thioether (sulfide) groups is 1. The second-order valence-electron chi connectivity index (χ2n) is 6.82. The van der Waals surface area contributed by atoms with Crippen molar-refractivity contribution in [1.29, 1.82) is 5.26 Å². The minimum atomic E-state index is 0.0502. The van der Waals surface area contributed by atoms with E-state index in [4.69, 9.17) is 5.26 Å². The first-order valence-electron chi connectivity index (χ1n) is 8.87. The number of hydrogen-bond donors (Lipinski definition) is 1. The van der Waals surface area contributed by atoms with Crippen molar-refractivity contribution in [1.82, 2.24) is 4.90 Å². The van der Waals surface area contributed by atoms with E-state index in [2.05, 4.69) is 16.3 Å². The molecule has 1 aromatic rings. The van der Waals surface area contributed by atoms with Crippen LogP contribution in [0.25, 0.3) is 0 Å². The maximum Gasteiger partial charge on any atom is 0.238 e. The summed E-state index contributed by atoms with van der Waals surface area (Å²) in [6.07, 6.45) is 6.70. The lowest BCUT2D eigenvalue weighted by molar-refractivity contribution is -0.118. The molecule has 0 aromatic heterocycles. The third kappa shape index (κ3) is 4.52. The van der Waals surface area contributed by atoms with Gasteiger partial charge in [-0.15, -0.1) is 11.8 Å². The number of benzene rings is 1. The Balaban J connectivity index is 1.53. The van der Waals surface area contributed by atoms with Crippen LogP contribution in [0.15, 0.2) is 29.2 Å². The molecule has 1 aliphatic carbocycles. The number of amides is 1. The Bertz CT molecular complexity index is 613. The summed E-state index contributed by atoms with van der Waals surface area (Å²) in [6.45, 7) is 2.59. The minimum absolute atomic E-state index is 0.0502. The number of para-hydroxylation sites is 1. The van der Waals surface area contributed by atoms with E-state index in [0.29, 0.717) is 12.3 Å². The number of anilines is 1. The van der Waals surface area contributed by atoms with Gasteiger partial charge in [-0.2, -0.15) is 5.26 Å². The summed E-state index contributed by atoms with van der Waals surface area (Å²) in [4.78, 5) is 15.7. The van der Waals surface area contributed by atoms with Crippen molar-refractivity contribution in [2.24, 2.45) is 11.8 Å². The van der Waals surface area contributed by atoms with Gasteiger partial charge in [0.15, 0.2) is 0 Å². The van der Waals surface area contributed by atoms with Gasteiger partial charge in [-0.05, 0) is 43.4 Å². The highest BCUT2D eigenvalue weighted by Gasteiger charge is 2.31. The van der Waals surface area contributed by atoms with Gasteiger partial charge in [0, 0.05) is 11.4 Å². The van der Waals surface area contributed by atoms with Crippen LogP contribution in [0.5, 0.6) is 0 Å². The van der Waals surface area contributed by atoms with Crippen LogP contribution in [0.1, 0.15) is 32.1 Å². The van der Waals surface area contributed by atoms with Crippen LogP contribution in [0.2, 0.25) is 0 Å². The lowest BCUT2D eigenvalue weighted by atomic mass is 9.75. The first-order valence-corrected chi connectivity index (χ1v) is 9.86. The van der Waals surface area contributed by atoms with Crippen molar-refractivity contribution >= 4 is 23.4 Å². The molecule has 1 saturated heterocycles. The summed E-state index contributed by atoms with van der Waals surface area (Å²) in [7, 11) is 0. The Morgan fingerprint density at radius 3 is 2.88 bits per heavy atom. The van der Waals surface area contributed by atoms with Crippen molar-refractivity contribution in [2.75, 3.05) is 30.7 Å². The molecule has 0 unspecified atom stereocenters. The zero-order valence-corrected chi connectivity index (χ0v) is 14.9. The minimum Gasteiger partial charge on any atom is -0.324 e. The van der Waals surface area contributed by atoms with Gasteiger partial charge in [-0.1, -0.05) is 31.4 Å². The molecule has 1 amide bonds. The summed E-state index contributed by atoms with van der Waals surface area (Å²) < 4.78 is 0. The Labute approximate surface area is 148 Å². The summed E-state index contributed by atoms with van der Waals surface area (Å²) in [5.41, 5.74) is 0.815. The first-order chi connectivity index (χ1) is 11.8. The molecule has 0 bridgehead atoms. The number of piperidine rings is 1. The molecule has 128 valence electrons. The number of carbonyl (C=O) groups is 1. The van der Waals surface area contributed by atoms with E-state index in [1.54, 1.807) is 0 Å². The summed E-state index contributed by atoms with van der Waals surface area (Å²) in [6, 6.07) is 9.84. The number of fused-ring (bicyclic) bond motifs is 1. The highest BCUT2D eigenvalue weighted by Crippen LogP contribution is 2.36. The zero-order chi connectivity index (χ0) is 16.8. The third-order valence-corrected chi connectivity index (χ3v) is 6.14. The van der Waals surface area contributed by atoms with Gasteiger partial charge in [-0.3, -0.25) is 9.69 Å². The number of nitrogens with zero attached hydrogens (tertiary/aromatic N) is 2. The number of carbonyl (C=O) groups excluding carboxylic acids is 1. The molecule has 2 fully saturated rings. The van der Waals surface area contributed by atoms with Gasteiger partial charge < -0.3 is 5.32 Å². The van der Waals surface area contributed by atoms with E-state index in [9.17, 15) is 4.79 Å². The van der Waals surface area contributed by atoms with E-state index in [0.717, 1.165) is 35.5 Å². The molecule has 1 saturated carbocycles. The van der Waals surface area contributed by atoms with Gasteiger partial charge >= 0.3 is 0 Å². The predicted octanol–water partition coefficient (Wildman–Crippen LogP) is 3.75. The maximum absolute atomic E-state index is 12.4. The molecular formula is C19H25N3OS. The second-order valence-corrected chi connectivity index (χ2v) is 7.84. The van der Waals surface area contributed by atoms with E-state index in [-0.39, 0.29) is 5.91 Å². The SMILES string of the molecule is N#CCSc1ccccc1NC(=O)CN1CC[C@H]2CCCC[C@@H]2C1. The predicted molar refractivity (Wildman–Crippen MR) is 97.9 cm³/mol. The summed E-state index contributed by atoms with van der Waals surface area (Å²) in [5.74, 6) is 2.12. The van der Waals surface area contributed by atoms with Crippen molar-refractivity contribution in [3.05, 3.63) is 24.3 Å². The topological polar surface area (TPSA) is 56.1 Å². The largest absolute Gasteiger partial charge is 0.324 e. The molecule has 1 aliphatic heterocycles. The molecule has 0 spiro atoms. The van der Waals surface area contributed by atoms with Crippen molar-refractivity contribution in [2.45, 2.75) is 37.0 Å². The highest BCUT2D eigenvalue weighted by molar-refractivity contribution is 7.99. The Morgan fingerprint density at radius 1 is 1.25 bits per heavy atom. The first kappa shape index (κ1) is 17.3. The number of rotatable bonds is 5. The van der Waals surface area contributed by atoms with Crippen LogP contribution in [0.3, 0.4) is 0 Å². The fraction of sp³-hybridized carbons (Fsp3) is 0.579. The van der Waals surface area contributed by atoms with Crippen molar-refractivity contribution in [3.8, 4) is 6.07 Å². The molecule has 2 aliphatic rings. The summed E-state index contributed by atoms with van der Waals surface area (Å²) >= 11 is 1.46. The second kappa shape index (κ2) is 8.55. The van der Waals surface area contributed by atoms with Crippen LogP contribution < -0.4 is 5.32 Å². The molecule has 5 heteroatoms. The van der Waals surface area contributed by atoms with Gasteiger partial charge in [0.2, 0.25) is 5.91 Å². The Kier molecular flexibility index (Phi) is 6.17. The molecule has 1 heterocycles. The van der Waals surface area contributed by atoms with Gasteiger partial charge in [0.05, 0.1) is 24.1 Å². The average molecular weight is 343 g/mol. The summed E-state index contributed by atoms with van der Waals surface area (Å²) in [5, 5.41) is 11.8. The molecule has 24 heavy (non-hydrogen) atoms. The van der Waals surface area contributed by atoms with Crippen LogP contribution in [0, 0.1) is 23.2 Å². The fourth-order valence-electron chi connectivity index (χ4n) is 4.02. The van der Waals surface area contributed by atoms with Gasteiger partial charge in [-0.25, -0.2) is 0 Å². The normalized spacial score (nSPS) is 24.0. The van der Waals surface area contributed by atoms with Crippen LogP contribution in [-0.4, -0.2) is 36.2 Å². The number of likely N-dealkylation sites (tertiary alicyclic amines) is 1. The zero-order valence-electron chi connectivity index (χ0n) is 14.0. The molecule has 0 radical (unpaired) electrons. The number of nitrogens with one attached hydrogen (secondary N) is 1. The number of hydrogen-bond acceptors (Lipinski definition) is 4. The molecule has 1 aromatic carbocycles. The Morgan fingerprint density at radius 2 is 2.04 bits per heavy atom. The van der Waals surface area contributed by atoms with Gasteiger partial charge in [0.25, 0.3) is 0 Å². The van der Waals surface area contributed by atoms with E-state index in [1.807, 2.05) is 24.3 Å². The molecule has 2 atom stereocenters. The van der Waals surface area contributed by atoms with Crippen molar-refractivity contribution < 1.29 is 4.79 Å². The van der Waals surface area contributed by atoms with E-state index in [1.165, 1.54) is 43.9 Å². The van der Waals surface area contributed by atoms with Crippen LogP contribution >= 0.6 is 11.8 Å². The lowest BCUT2D eigenvalue weighted by Gasteiger charge is -2.41. The highest BCUT2D eigenvalue weighted by atomic mass is 32.2. The molecule has 3 rings (SSSR count). The average Bonchev–Trinajstić information content (AvgIpc) is 2.61.